The molecule has 1 aromatic heterocycles. The first kappa shape index (κ1) is 12.6. The summed E-state index contributed by atoms with van der Waals surface area (Å²) in [5.41, 5.74) is 3.69. The third kappa shape index (κ3) is 2.87. The number of hydrogen-bond donors (Lipinski definition) is 2. The number of nitrogens with zero attached hydrogens (tertiary/aromatic N) is 3. The van der Waals surface area contributed by atoms with Crippen molar-refractivity contribution in [3.05, 3.63) is 41.5 Å². The van der Waals surface area contributed by atoms with Gasteiger partial charge in [-0.15, -0.1) is 10.2 Å². The molecule has 0 radical (unpaired) electrons. The predicted molar refractivity (Wildman–Crippen MR) is 72.3 cm³/mol. The molecule has 0 amide bonds. The zero-order valence-corrected chi connectivity index (χ0v) is 11.1. The summed E-state index contributed by atoms with van der Waals surface area (Å²) in [5.74, 6) is 0.939. The van der Waals surface area contributed by atoms with E-state index in [1.165, 1.54) is 11.1 Å². The minimum atomic E-state index is 0.716. The Balaban J connectivity index is 1.98. The van der Waals surface area contributed by atoms with E-state index < -0.39 is 0 Å². The number of anilines is 1. The van der Waals surface area contributed by atoms with Crippen LogP contribution in [0.3, 0.4) is 0 Å². The van der Waals surface area contributed by atoms with E-state index in [1.54, 1.807) is 6.33 Å². The normalized spacial score (nSPS) is 10.6. The van der Waals surface area contributed by atoms with Crippen LogP contribution in [0.4, 0.5) is 5.69 Å². The topological polar surface area (TPSA) is 54.8 Å². The van der Waals surface area contributed by atoms with Gasteiger partial charge < -0.3 is 15.2 Å². The van der Waals surface area contributed by atoms with Crippen LogP contribution in [0, 0.1) is 6.92 Å². The van der Waals surface area contributed by atoms with E-state index in [4.69, 9.17) is 0 Å². The van der Waals surface area contributed by atoms with Gasteiger partial charge in [0.2, 0.25) is 0 Å². The molecule has 0 bridgehead atoms. The van der Waals surface area contributed by atoms with Crippen LogP contribution in [0.1, 0.15) is 17.0 Å². The van der Waals surface area contributed by atoms with Gasteiger partial charge in [-0.2, -0.15) is 0 Å². The third-order valence-corrected chi connectivity index (χ3v) is 2.93. The molecule has 2 rings (SSSR count). The molecule has 18 heavy (non-hydrogen) atoms. The maximum atomic E-state index is 4.04. The minimum absolute atomic E-state index is 0.716. The van der Waals surface area contributed by atoms with Gasteiger partial charge >= 0.3 is 0 Å². The van der Waals surface area contributed by atoms with Gasteiger partial charge in [0.1, 0.15) is 12.2 Å². The van der Waals surface area contributed by atoms with E-state index in [1.807, 2.05) is 18.7 Å². The van der Waals surface area contributed by atoms with Crippen LogP contribution >= 0.6 is 0 Å². The lowest BCUT2D eigenvalue weighted by molar-refractivity contribution is 0.637. The zero-order valence-electron chi connectivity index (χ0n) is 11.1. The van der Waals surface area contributed by atoms with Crippen molar-refractivity contribution >= 4 is 5.69 Å². The highest BCUT2D eigenvalue weighted by atomic mass is 15.3. The third-order valence-electron chi connectivity index (χ3n) is 2.93. The number of nitrogens with one attached hydrogen (secondary N) is 2. The molecule has 96 valence electrons. The Hall–Kier alpha value is -1.88. The Bertz CT molecular complexity index is 518. The summed E-state index contributed by atoms with van der Waals surface area (Å²) >= 11 is 0. The van der Waals surface area contributed by atoms with Crippen LogP contribution in [-0.4, -0.2) is 21.8 Å². The highest BCUT2D eigenvalue weighted by Crippen LogP contribution is 2.16. The molecule has 0 fully saturated rings. The predicted octanol–water partition coefficient (Wildman–Crippen LogP) is 1.46. The van der Waals surface area contributed by atoms with E-state index in [2.05, 4.69) is 46.0 Å². The van der Waals surface area contributed by atoms with Crippen LogP contribution in [-0.2, 0) is 20.1 Å². The molecule has 0 saturated carbocycles. The van der Waals surface area contributed by atoms with Gasteiger partial charge in [-0.25, -0.2) is 0 Å². The van der Waals surface area contributed by atoms with E-state index in [9.17, 15) is 0 Å². The number of aryl methyl sites for hydroxylation is 2. The molecule has 0 spiro atoms. The molecule has 2 aromatic rings. The van der Waals surface area contributed by atoms with Crippen molar-refractivity contribution in [3.8, 4) is 0 Å². The fourth-order valence-electron chi connectivity index (χ4n) is 1.89. The first-order valence-electron chi connectivity index (χ1n) is 6.01. The number of benzene rings is 1. The smallest absolute Gasteiger partial charge is 0.146 e. The Morgan fingerprint density at radius 1 is 1.28 bits per heavy atom. The van der Waals surface area contributed by atoms with Crippen LogP contribution in [0.15, 0.2) is 24.5 Å². The van der Waals surface area contributed by atoms with Crippen molar-refractivity contribution in [2.24, 2.45) is 7.05 Å². The fraction of sp³-hybridized carbons (Fsp3) is 0.385. The second-order valence-electron chi connectivity index (χ2n) is 4.37. The van der Waals surface area contributed by atoms with Crippen LogP contribution < -0.4 is 10.6 Å². The first-order valence-corrected chi connectivity index (χ1v) is 6.01. The maximum absolute atomic E-state index is 4.04. The van der Waals surface area contributed by atoms with Gasteiger partial charge in [0, 0.05) is 26.3 Å². The lowest BCUT2D eigenvalue weighted by atomic mass is 10.1. The Morgan fingerprint density at radius 3 is 2.78 bits per heavy atom. The highest BCUT2D eigenvalue weighted by Gasteiger charge is 2.03. The van der Waals surface area contributed by atoms with Crippen LogP contribution in [0.5, 0.6) is 0 Å². The van der Waals surface area contributed by atoms with Gasteiger partial charge in [0.25, 0.3) is 0 Å². The Kier molecular flexibility index (Phi) is 3.94. The molecule has 5 nitrogen and oxygen atoms in total. The molecule has 1 aromatic carbocycles. The van der Waals surface area contributed by atoms with Crippen molar-refractivity contribution < 1.29 is 0 Å². The largest absolute Gasteiger partial charge is 0.388 e. The summed E-state index contributed by atoms with van der Waals surface area (Å²) in [5, 5.41) is 14.5. The molecule has 5 heteroatoms. The van der Waals surface area contributed by atoms with Crippen LogP contribution in [0.25, 0.3) is 0 Å². The van der Waals surface area contributed by atoms with Gasteiger partial charge in [0.05, 0.1) is 6.54 Å². The lowest BCUT2D eigenvalue weighted by Crippen LogP contribution is -2.16. The van der Waals surface area contributed by atoms with E-state index in [0.29, 0.717) is 6.54 Å². The quantitative estimate of drug-likeness (QED) is 0.837. The first-order chi connectivity index (χ1) is 8.70. The second kappa shape index (κ2) is 5.64. The van der Waals surface area contributed by atoms with Crippen LogP contribution in [0.2, 0.25) is 0 Å². The van der Waals surface area contributed by atoms with E-state index >= 15 is 0 Å². The number of hydrogen-bond acceptors (Lipinski definition) is 4. The molecule has 0 unspecified atom stereocenters. The summed E-state index contributed by atoms with van der Waals surface area (Å²) in [6.07, 6.45) is 1.71. The molecule has 1 heterocycles. The van der Waals surface area contributed by atoms with Crippen molar-refractivity contribution in [1.82, 2.24) is 20.1 Å². The minimum Gasteiger partial charge on any atom is -0.388 e. The zero-order chi connectivity index (χ0) is 13.0. The molecule has 0 atom stereocenters. The molecular weight excluding hydrogens is 226 g/mol. The van der Waals surface area contributed by atoms with Gasteiger partial charge in [0.15, 0.2) is 0 Å². The average molecular weight is 245 g/mol. The van der Waals surface area contributed by atoms with Crippen molar-refractivity contribution in [2.75, 3.05) is 12.4 Å². The summed E-state index contributed by atoms with van der Waals surface area (Å²) in [4.78, 5) is 0. The Morgan fingerprint density at radius 2 is 2.11 bits per heavy atom. The van der Waals surface area contributed by atoms with E-state index in [-0.39, 0.29) is 0 Å². The van der Waals surface area contributed by atoms with Gasteiger partial charge in [-0.3, -0.25) is 0 Å². The molecular formula is C13H19N5. The summed E-state index contributed by atoms with van der Waals surface area (Å²) in [6, 6.07) is 6.40. The average Bonchev–Trinajstić information content (AvgIpc) is 2.76. The van der Waals surface area contributed by atoms with Gasteiger partial charge in [-0.1, -0.05) is 17.7 Å². The fourth-order valence-corrected chi connectivity index (χ4v) is 1.89. The van der Waals surface area contributed by atoms with E-state index in [0.717, 1.165) is 18.1 Å². The summed E-state index contributed by atoms with van der Waals surface area (Å²) in [6.45, 7) is 3.63. The molecule has 0 aliphatic carbocycles. The molecule has 0 aliphatic rings. The van der Waals surface area contributed by atoms with Crippen molar-refractivity contribution in [1.29, 1.82) is 0 Å². The molecule has 2 N–H and O–H groups in total. The maximum Gasteiger partial charge on any atom is 0.146 e. The standard InChI is InChI=1S/C13H19N5/c1-10-4-5-12(14-2)11(6-10)7-15-8-13-17-16-9-18(13)3/h4-6,9,14-15H,7-8H2,1-3H3. The molecule has 0 aliphatic heterocycles. The highest BCUT2D eigenvalue weighted by molar-refractivity contribution is 5.52. The SMILES string of the molecule is CNc1ccc(C)cc1CNCc1nncn1C. The summed E-state index contributed by atoms with van der Waals surface area (Å²) < 4.78 is 1.92. The number of aromatic nitrogens is 3. The van der Waals surface area contributed by atoms with Crippen molar-refractivity contribution in [2.45, 2.75) is 20.0 Å². The molecule has 0 saturated heterocycles. The Labute approximate surface area is 107 Å². The van der Waals surface area contributed by atoms with Gasteiger partial charge in [-0.05, 0) is 18.6 Å². The number of rotatable bonds is 5. The summed E-state index contributed by atoms with van der Waals surface area (Å²) in [7, 11) is 3.89. The lowest BCUT2D eigenvalue weighted by Gasteiger charge is -2.11. The van der Waals surface area contributed by atoms with Crippen molar-refractivity contribution in [3.63, 3.8) is 0 Å². The monoisotopic (exact) mass is 245 g/mol. The second-order valence-corrected chi connectivity index (χ2v) is 4.37.